The molecule has 1 aromatic heterocycles. The van der Waals surface area contributed by atoms with Crippen molar-refractivity contribution in [1.29, 1.82) is 0 Å². The van der Waals surface area contributed by atoms with E-state index in [0.717, 1.165) is 34.9 Å². The van der Waals surface area contributed by atoms with Crippen molar-refractivity contribution in [3.05, 3.63) is 65.5 Å². The quantitative estimate of drug-likeness (QED) is 0.391. The van der Waals surface area contributed by atoms with Gasteiger partial charge >= 0.3 is 12.1 Å². The Balaban J connectivity index is 1.85. The highest BCUT2D eigenvalue weighted by Crippen LogP contribution is 2.34. The Bertz CT molecular complexity index is 1150. The molecule has 2 amide bonds. The van der Waals surface area contributed by atoms with Crippen LogP contribution in [0.5, 0.6) is 0 Å². The summed E-state index contributed by atoms with van der Waals surface area (Å²) in [6, 6.07) is 6.73. The van der Waals surface area contributed by atoms with E-state index in [1.54, 1.807) is 12.1 Å². The lowest BCUT2D eigenvalue weighted by molar-refractivity contribution is -0.138. The number of aromatic nitrogens is 1. The second-order valence-electron chi connectivity index (χ2n) is 6.61. The summed E-state index contributed by atoms with van der Waals surface area (Å²) in [5.74, 6) is -2.41. The lowest BCUT2D eigenvalue weighted by Crippen LogP contribution is -2.34. The number of aliphatic hydroxyl groups is 1. The number of hydrogen-bond acceptors (Lipinski definition) is 7. The normalized spacial score (nSPS) is 14.2. The van der Waals surface area contributed by atoms with Crippen molar-refractivity contribution in [3.63, 3.8) is 0 Å². The fourth-order valence-corrected chi connectivity index (χ4v) is 3.64. The van der Waals surface area contributed by atoms with E-state index in [4.69, 9.17) is 10.2 Å². The number of imide groups is 1. The first-order chi connectivity index (χ1) is 15.6. The smallest absolute Gasteiger partial charge is 0.417 e. The molecule has 2 aromatic rings. The number of hydrogen-bond donors (Lipinski definition) is 3. The average Bonchev–Trinajstić information content (AvgIpc) is 3.01. The fourth-order valence-electron chi connectivity index (χ4n) is 2.80. The van der Waals surface area contributed by atoms with Crippen LogP contribution in [0.25, 0.3) is 6.08 Å². The van der Waals surface area contributed by atoms with Crippen molar-refractivity contribution in [2.75, 3.05) is 18.5 Å². The highest BCUT2D eigenvalue weighted by atomic mass is 32.2. The zero-order chi connectivity index (χ0) is 24.2. The molecule has 0 fully saturated rings. The van der Waals surface area contributed by atoms with E-state index in [-0.39, 0.29) is 23.9 Å². The molecule has 0 atom stereocenters. The van der Waals surface area contributed by atoms with Gasteiger partial charge < -0.3 is 15.5 Å². The van der Waals surface area contributed by atoms with Gasteiger partial charge in [-0.05, 0) is 42.0 Å². The zero-order valence-electron chi connectivity index (χ0n) is 16.7. The number of rotatable bonds is 8. The fraction of sp³-hybridized carbons (Fsp3) is 0.143. The second-order valence-corrected chi connectivity index (χ2v) is 7.67. The molecule has 0 saturated carbocycles. The van der Waals surface area contributed by atoms with Crippen LogP contribution in [0, 0.1) is 0 Å². The van der Waals surface area contributed by atoms with Crippen molar-refractivity contribution in [2.45, 2.75) is 16.1 Å². The Morgan fingerprint density at radius 2 is 1.97 bits per heavy atom. The molecule has 3 rings (SSSR count). The average molecular weight is 479 g/mol. The number of aliphatic carboxylic acids is 1. The van der Waals surface area contributed by atoms with Gasteiger partial charge in [0.25, 0.3) is 11.8 Å². The summed E-state index contributed by atoms with van der Waals surface area (Å²) in [7, 11) is 0. The third kappa shape index (κ3) is 5.99. The number of nitrogens with zero attached hydrogens (tertiary/aromatic N) is 2. The lowest BCUT2D eigenvalue weighted by Gasteiger charge is -2.14. The lowest BCUT2D eigenvalue weighted by atomic mass is 10.1. The minimum absolute atomic E-state index is 0.0218. The van der Waals surface area contributed by atoms with Crippen LogP contribution in [0.2, 0.25) is 0 Å². The van der Waals surface area contributed by atoms with Gasteiger partial charge in [0.15, 0.2) is 0 Å². The van der Waals surface area contributed by atoms with E-state index in [2.05, 4.69) is 10.3 Å². The summed E-state index contributed by atoms with van der Waals surface area (Å²) >= 11 is 1.02. The molecule has 2 heterocycles. The van der Waals surface area contributed by atoms with Crippen LogP contribution in [0.3, 0.4) is 0 Å². The largest absolute Gasteiger partial charge is 0.478 e. The van der Waals surface area contributed by atoms with Crippen LogP contribution in [0.15, 0.2) is 64.3 Å². The van der Waals surface area contributed by atoms with E-state index in [1.807, 2.05) is 0 Å². The maximum absolute atomic E-state index is 12.7. The van der Waals surface area contributed by atoms with Crippen molar-refractivity contribution >= 4 is 41.3 Å². The second kappa shape index (κ2) is 9.88. The van der Waals surface area contributed by atoms with E-state index in [1.165, 1.54) is 18.2 Å². The number of carbonyl (C=O) groups excluding carboxylic acids is 2. The molecule has 0 aliphatic carbocycles. The number of alkyl halides is 3. The van der Waals surface area contributed by atoms with Gasteiger partial charge in [0, 0.05) is 28.9 Å². The Hall–Kier alpha value is -3.64. The highest BCUT2D eigenvalue weighted by molar-refractivity contribution is 7.99. The molecular formula is C21H16F3N3O5S. The van der Waals surface area contributed by atoms with Crippen LogP contribution in [0.1, 0.15) is 11.1 Å². The molecule has 0 radical (unpaired) electrons. The third-order valence-corrected chi connectivity index (χ3v) is 5.35. The summed E-state index contributed by atoms with van der Waals surface area (Å²) in [4.78, 5) is 40.3. The topological polar surface area (TPSA) is 120 Å². The van der Waals surface area contributed by atoms with Crippen LogP contribution in [-0.2, 0) is 20.6 Å². The number of anilines is 1. The number of aliphatic hydroxyl groups excluding tert-OH is 1. The van der Waals surface area contributed by atoms with Crippen LogP contribution < -0.4 is 5.32 Å². The van der Waals surface area contributed by atoms with Crippen molar-refractivity contribution < 1.29 is 37.8 Å². The maximum atomic E-state index is 12.7. The molecule has 1 aliphatic rings. The maximum Gasteiger partial charge on any atom is 0.417 e. The van der Waals surface area contributed by atoms with Crippen LogP contribution in [-0.4, -0.2) is 51.0 Å². The minimum atomic E-state index is -4.51. The highest BCUT2D eigenvalue weighted by Gasteiger charge is 2.31. The number of carboxylic acids is 1. The molecule has 0 spiro atoms. The molecule has 3 N–H and O–H groups in total. The zero-order valence-corrected chi connectivity index (χ0v) is 17.5. The van der Waals surface area contributed by atoms with Gasteiger partial charge in [-0.2, -0.15) is 13.2 Å². The summed E-state index contributed by atoms with van der Waals surface area (Å²) in [5.41, 5.74) is -0.162. The van der Waals surface area contributed by atoms with Crippen molar-refractivity contribution in [1.82, 2.24) is 9.88 Å². The number of carboxylic acid groups (broad SMARTS) is 1. The molecule has 33 heavy (non-hydrogen) atoms. The summed E-state index contributed by atoms with van der Waals surface area (Å²) < 4.78 is 38.2. The molecule has 1 aliphatic heterocycles. The molecule has 12 heteroatoms. The van der Waals surface area contributed by atoms with Gasteiger partial charge in [-0.25, -0.2) is 9.78 Å². The minimum Gasteiger partial charge on any atom is -0.478 e. The van der Waals surface area contributed by atoms with Gasteiger partial charge in [-0.1, -0.05) is 11.8 Å². The summed E-state index contributed by atoms with van der Waals surface area (Å²) in [6.07, 6.45) is -0.554. The van der Waals surface area contributed by atoms with Crippen LogP contribution in [0.4, 0.5) is 18.9 Å². The Morgan fingerprint density at radius 3 is 2.58 bits per heavy atom. The molecule has 1 aromatic carbocycles. The number of β-amino-alcohol motifs (C(OH)–C–C–N with tert-alkyl or cyclic N) is 1. The third-order valence-electron chi connectivity index (χ3n) is 4.31. The Morgan fingerprint density at radius 1 is 1.21 bits per heavy atom. The van der Waals surface area contributed by atoms with E-state index >= 15 is 0 Å². The van der Waals surface area contributed by atoms with Gasteiger partial charge in [0.2, 0.25) is 0 Å². The van der Waals surface area contributed by atoms with E-state index in [9.17, 15) is 27.6 Å². The molecule has 8 nitrogen and oxygen atoms in total. The Labute approximate surface area is 189 Å². The molecule has 0 saturated heterocycles. The standard InChI is InChI=1S/C21H16F3N3O5S/c22-21(23,24)13-2-5-17(25-11-13)33-16-4-3-14(9-12(16)1-6-19(30)31)26-15-10-18(29)27(7-8-28)20(15)32/h1-6,9-11,26,28H,7-8H2,(H,30,31). The first-order valence-electron chi connectivity index (χ1n) is 9.30. The van der Waals surface area contributed by atoms with Gasteiger partial charge in [-0.3, -0.25) is 14.5 Å². The number of nitrogens with one attached hydrogen (secondary N) is 1. The molecule has 0 bridgehead atoms. The first-order valence-corrected chi connectivity index (χ1v) is 10.1. The van der Waals surface area contributed by atoms with Gasteiger partial charge in [0.1, 0.15) is 10.7 Å². The predicted molar refractivity (Wildman–Crippen MR) is 112 cm³/mol. The van der Waals surface area contributed by atoms with Crippen molar-refractivity contribution in [2.24, 2.45) is 0 Å². The van der Waals surface area contributed by atoms with Gasteiger partial charge in [-0.15, -0.1) is 0 Å². The summed E-state index contributed by atoms with van der Waals surface area (Å²) in [5, 5.41) is 21.0. The summed E-state index contributed by atoms with van der Waals surface area (Å²) in [6.45, 7) is -0.533. The van der Waals surface area contributed by atoms with E-state index < -0.39 is 29.5 Å². The number of halogens is 3. The number of amides is 2. The number of carbonyl (C=O) groups is 3. The van der Waals surface area contributed by atoms with E-state index in [0.29, 0.717) is 22.3 Å². The number of pyridine rings is 1. The molecule has 172 valence electrons. The molecule has 0 unspecified atom stereocenters. The van der Waals surface area contributed by atoms with Crippen LogP contribution >= 0.6 is 11.8 Å². The predicted octanol–water partition coefficient (Wildman–Crippen LogP) is 3.01. The Kier molecular flexibility index (Phi) is 7.19. The first kappa shape index (κ1) is 24.0. The van der Waals surface area contributed by atoms with Gasteiger partial charge in [0.05, 0.1) is 18.7 Å². The number of benzene rings is 1. The molecular weight excluding hydrogens is 463 g/mol. The SMILES string of the molecule is O=C(O)C=Cc1cc(NC2=CC(=O)N(CCO)C2=O)ccc1Sc1ccc(C(F)(F)F)cn1. The van der Waals surface area contributed by atoms with Crippen molar-refractivity contribution in [3.8, 4) is 0 Å². The monoisotopic (exact) mass is 479 g/mol.